The van der Waals surface area contributed by atoms with E-state index in [0.717, 1.165) is 55.9 Å². The third kappa shape index (κ3) is 6.92. The Morgan fingerprint density at radius 2 is 1.55 bits per heavy atom. The number of halogens is 2. The minimum Gasteiger partial charge on any atom is -0.342 e. The second-order valence-corrected chi connectivity index (χ2v) is 11.4. The normalized spacial score (nSPS) is 26.1. The first-order valence-corrected chi connectivity index (χ1v) is 13.1. The van der Waals surface area contributed by atoms with Crippen molar-refractivity contribution in [1.29, 1.82) is 0 Å². The molecule has 6 nitrogen and oxygen atoms in total. The molecule has 210 valence electrons. The summed E-state index contributed by atoms with van der Waals surface area (Å²) in [6, 6.07) is 6.36. The van der Waals surface area contributed by atoms with Crippen LogP contribution in [0, 0.1) is 34.8 Å². The molecule has 1 aliphatic heterocycles. The number of likely N-dealkylation sites (tertiary alicyclic amines) is 1. The summed E-state index contributed by atoms with van der Waals surface area (Å²) >= 11 is 0. The molecule has 1 N–H and O–H groups in total. The first-order valence-electron chi connectivity index (χ1n) is 13.1. The van der Waals surface area contributed by atoms with Crippen molar-refractivity contribution in [2.45, 2.75) is 51.0 Å². The number of carbonyl (C=O) groups is 2. The molecule has 5 aliphatic rings. The maximum absolute atomic E-state index is 13.5. The number of anilines is 1. The topological polar surface area (TPSA) is 65.5 Å². The molecule has 4 radical (unpaired) electrons. The van der Waals surface area contributed by atoms with Crippen LogP contribution in [0.3, 0.4) is 0 Å². The van der Waals surface area contributed by atoms with Gasteiger partial charge < -0.3 is 15.1 Å². The maximum atomic E-state index is 13.5. The molecule has 40 heavy (non-hydrogen) atoms. The molecule has 4 bridgehead atoms. The van der Waals surface area contributed by atoms with E-state index in [1.165, 1.54) is 31.2 Å². The van der Waals surface area contributed by atoms with Gasteiger partial charge >= 0.3 is 6.03 Å². The molecule has 12 heteroatoms. The van der Waals surface area contributed by atoms with Gasteiger partial charge in [-0.25, -0.2) is 13.6 Å². The Morgan fingerprint density at radius 3 is 2.08 bits per heavy atom. The molecule has 1 aromatic carbocycles. The average molecular weight is 698 g/mol. The number of piperidine rings is 1. The van der Waals surface area contributed by atoms with E-state index in [1.807, 2.05) is 0 Å². The van der Waals surface area contributed by atoms with Crippen molar-refractivity contribution in [3.8, 4) is 11.3 Å². The Hall–Kier alpha value is -0.692. The van der Waals surface area contributed by atoms with Gasteiger partial charge in [0.25, 0.3) is 0 Å². The number of aromatic nitrogens is 1. The second-order valence-electron chi connectivity index (χ2n) is 11.4. The molecule has 4 aliphatic carbocycles. The third-order valence-corrected chi connectivity index (χ3v) is 9.17. The summed E-state index contributed by atoms with van der Waals surface area (Å²) in [6.45, 7) is 1.40. The first kappa shape index (κ1) is 35.5. The minimum absolute atomic E-state index is 0. The van der Waals surface area contributed by atoms with Gasteiger partial charge in [0.2, 0.25) is 5.91 Å². The monoisotopic (exact) mass is 698 g/mol. The van der Waals surface area contributed by atoms with Gasteiger partial charge in [-0.2, -0.15) is 0 Å². The Kier molecular flexibility index (Phi) is 12.6. The molecular formula is C28H32F2N4O2V4. The minimum atomic E-state index is -0.666. The van der Waals surface area contributed by atoms with E-state index in [0.29, 0.717) is 35.9 Å². The standard InChI is InChI=1S/C28H32F2N4O2.4V/c1-33(27(36)32-23-2-3-25(31-16-23)18-10-21(29)12-22(30)11-18)24-4-6-34(7-5-24)26(35)28-13-17-8-19(14-28)20(9-17)15-28;;;;/h2-3,10-12,16-17,19-20,24H,4-9,13-15H2,1H3,(H,32,36);;;;. The van der Waals surface area contributed by atoms with E-state index in [2.05, 4.69) is 15.2 Å². The number of rotatable bonds is 4. The van der Waals surface area contributed by atoms with Gasteiger partial charge in [-0.05, 0) is 87.0 Å². The van der Waals surface area contributed by atoms with Crippen LogP contribution in [0.15, 0.2) is 36.5 Å². The number of nitrogens with zero attached hydrogens (tertiary/aromatic N) is 3. The summed E-state index contributed by atoms with van der Waals surface area (Å²) < 4.78 is 27.0. The van der Waals surface area contributed by atoms with Crippen molar-refractivity contribution in [3.05, 3.63) is 48.2 Å². The molecular weight excluding hydrogens is 666 g/mol. The summed E-state index contributed by atoms with van der Waals surface area (Å²) in [5, 5.41) is 2.85. The van der Waals surface area contributed by atoms with Gasteiger partial charge in [-0.1, -0.05) is 0 Å². The van der Waals surface area contributed by atoms with E-state index in [4.69, 9.17) is 0 Å². The van der Waals surface area contributed by atoms with Crippen LogP contribution >= 0.6 is 0 Å². The zero-order valence-electron chi connectivity index (χ0n) is 22.3. The zero-order valence-corrected chi connectivity index (χ0v) is 27.9. The van der Waals surface area contributed by atoms with Crippen molar-refractivity contribution in [3.63, 3.8) is 0 Å². The number of hydrogen-bond acceptors (Lipinski definition) is 3. The summed E-state index contributed by atoms with van der Waals surface area (Å²) in [5.41, 5.74) is 1.16. The smallest absolute Gasteiger partial charge is 0.321 e. The number of carbonyl (C=O) groups excluding carboxylic acids is 2. The van der Waals surface area contributed by atoms with Gasteiger partial charge in [0.05, 0.1) is 23.0 Å². The molecule has 2 heterocycles. The molecule has 5 fully saturated rings. The maximum Gasteiger partial charge on any atom is 0.321 e. The Labute approximate surface area is 282 Å². The van der Waals surface area contributed by atoms with Crippen molar-refractivity contribution in [2.24, 2.45) is 23.2 Å². The van der Waals surface area contributed by atoms with Crippen LogP contribution in [0.4, 0.5) is 19.3 Å². The van der Waals surface area contributed by atoms with Gasteiger partial charge in [-0.3, -0.25) is 9.78 Å². The van der Waals surface area contributed by atoms with Crippen LogP contribution < -0.4 is 5.32 Å². The molecule has 4 saturated carbocycles. The molecule has 2 unspecified atom stereocenters. The van der Waals surface area contributed by atoms with E-state index in [-0.39, 0.29) is 91.7 Å². The number of benzene rings is 1. The number of urea groups is 1. The molecule has 1 aromatic heterocycles. The predicted molar refractivity (Wildman–Crippen MR) is 132 cm³/mol. The zero-order chi connectivity index (χ0) is 25.0. The fraction of sp³-hybridized carbons (Fsp3) is 0.536. The summed E-state index contributed by atoms with van der Waals surface area (Å²) in [5.74, 6) is 1.35. The van der Waals surface area contributed by atoms with Crippen LogP contribution in [0.5, 0.6) is 0 Å². The van der Waals surface area contributed by atoms with Gasteiger partial charge in [0.15, 0.2) is 0 Å². The SMILES string of the molecule is CN(C(=O)Nc1ccc(-c2cc(F)cc(F)c2)nc1)C1CCN(C(=O)C23CC4CC(C2)C(C4)C3)CC1.[V].[V].[V].[V]. The van der Waals surface area contributed by atoms with Gasteiger partial charge in [0.1, 0.15) is 11.6 Å². The fourth-order valence-corrected chi connectivity index (χ4v) is 7.58. The number of hydrogen-bond donors (Lipinski definition) is 1. The third-order valence-electron chi connectivity index (χ3n) is 9.17. The number of amides is 3. The summed E-state index contributed by atoms with van der Waals surface area (Å²) in [4.78, 5) is 34.4. The summed E-state index contributed by atoms with van der Waals surface area (Å²) in [7, 11) is 1.78. The van der Waals surface area contributed by atoms with Crippen LogP contribution in [-0.2, 0) is 79.0 Å². The van der Waals surface area contributed by atoms with Crippen LogP contribution in [0.2, 0.25) is 0 Å². The van der Waals surface area contributed by atoms with Crippen molar-refractivity contribution in [2.75, 3.05) is 25.5 Å². The molecule has 3 amide bonds. The number of nitrogens with one attached hydrogen (secondary N) is 1. The van der Waals surface area contributed by atoms with Crippen molar-refractivity contribution < 1.29 is 92.6 Å². The van der Waals surface area contributed by atoms with Gasteiger partial charge in [0, 0.05) is 112 Å². The van der Waals surface area contributed by atoms with Crippen LogP contribution in [-0.4, -0.2) is 52.9 Å². The molecule has 1 saturated heterocycles. The predicted octanol–water partition coefficient (Wildman–Crippen LogP) is 5.30. The Bertz CT molecular complexity index is 1160. The Balaban J connectivity index is 0.00000140. The van der Waals surface area contributed by atoms with E-state index in [9.17, 15) is 18.4 Å². The van der Waals surface area contributed by atoms with Crippen LogP contribution in [0.25, 0.3) is 11.3 Å². The van der Waals surface area contributed by atoms with Gasteiger partial charge in [-0.15, -0.1) is 0 Å². The van der Waals surface area contributed by atoms with E-state index < -0.39 is 11.6 Å². The quantitative estimate of drug-likeness (QED) is 0.472. The van der Waals surface area contributed by atoms with E-state index in [1.54, 1.807) is 24.1 Å². The van der Waals surface area contributed by atoms with Crippen LogP contribution in [0.1, 0.15) is 44.9 Å². The Morgan fingerprint density at radius 1 is 0.950 bits per heavy atom. The van der Waals surface area contributed by atoms with Crippen molar-refractivity contribution >= 4 is 17.6 Å². The molecule has 2 aromatic rings. The molecule has 2 atom stereocenters. The average Bonchev–Trinajstić information content (AvgIpc) is 3.29. The largest absolute Gasteiger partial charge is 0.342 e. The van der Waals surface area contributed by atoms with E-state index >= 15 is 0 Å². The number of pyridine rings is 1. The summed E-state index contributed by atoms with van der Waals surface area (Å²) in [6.07, 6.45) is 8.96. The van der Waals surface area contributed by atoms with Crippen molar-refractivity contribution in [1.82, 2.24) is 14.8 Å². The first-order chi connectivity index (χ1) is 17.3. The molecule has 7 rings (SSSR count). The molecule has 0 spiro atoms. The second kappa shape index (κ2) is 14.2. The fourth-order valence-electron chi connectivity index (χ4n) is 7.58.